The van der Waals surface area contributed by atoms with Gasteiger partial charge in [0.15, 0.2) is 17.5 Å². The second-order valence-corrected chi connectivity index (χ2v) is 17.4. The van der Waals surface area contributed by atoms with Crippen LogP contribution in [0.15, 0.2) is 199 Å². The van der Waals surface area contributed by atoms with E-state index in [1.807, 2.05) is 18.2 Å². The maximum atomic E-state index is 6.61. The van der Waals surface area contributed by atoms with E-state index < -0.39 is 0 Å². The van der Waals surface area contributed by atoms with Gasteiger partial charge in [0.1, 0.15) is 11.2 Å². The van der Waals surface area contributed by atoms with Crippen molar-refractivity contribution >= 4 is 108 Å². The van der Waals surface area contributed by atoms with E-state index in [1.165, 1.54) is 47.9 Å². The molecule has 0 bridgehead atoms. The lowest BCUT2D eigenvalue weighted by molar-refractivity contribution is 0.669. The van der Waals surface area contributed by atoms with Crippen LogP contribution < -0.4 is 0 Å². The molecule has 14 rings (SSSR count). The Morgan fingerprint density at radius 2 is 1.05 bits per heavy atom. The predicted octanol–water partition coefficient (Wildman–Crippen LogP) is 15.7. The van der Waals surface area contributed by atoms with Crippen LogP contribution >= 0.6 is 11.3 Å². The lowest BCUT2D eigenvalue weighted by atomic mass is 9.99. The number of hydrogen-bond donors (Lipinski definition) is 0. The van der Waals surface area contributed by atoms with Gasteiger partial charge in [-0.1, -0.05) is 152 Å². The van der Waals surface area contributed by atoms with Gasteiger partial charge in [-0.15, -0.1) is 11.3 Å². The molecular formula is C57H32N4OS. The van der Waals surface area contributed by atoms with E-state index in [9.17, 15) is 0 Å². The number of fused-ring (bicyclic) bond motifs is 14. The van der Waals surface area contributed by atoms with Gasteiger partial charge in [-0.3, -0.25) is 0 Å². The minimum atomic E-state index is 0.558. The second kappa shape index (κ2) is 13.2. The van der Waals surface area contributed by atoms with Crippen LogP contribution in [-0.2, 0) is 0 Å². The summed E-state index contributed by atoms with van der Waals surface area (Å²) in [7, 11) is 0. The fourth-order valence-electron chi connectivity index (χ4n) is 9.92. The number of aromatic nitrogens is 4. The van der Waals surface area contributed by atoms with Gasteiger partial charge in [0, 0.05) is 63.9 Å². The van der Waals surface area contributed by atoms with Crippen molar-refractivity contribution in [3.05, 3.63) is 194 Å². The fraction of sp³-hybridized carbons (Fsp3) is 0. The summed E-state index contributed by atoms with van der Waals surface area (Å²) in [5.41, 5.74) is 7.63. The Morgan fingerprint density at radius 1 is 0.397 bits per heavy atom. The Morgan fingerprint density at radius 3 is 1.95 bits per heavy atom. The Hall–Kier alpha value is -8.19. The van der Waals surface area contributed by atoms with Crippen LogP contribution in [0.4, 0.5) is 0 Å². The first-order valence-electron chi connectivity index (χ1n) is 21.2. The number of furan rings is 1. The topological polar surface area (TPSA) is 56.7 Å². The highest BCUT2D eigenvalue weighted by atomic mass is 32.1. The molecule has 0 N–H and O–H groups in total. The first-order chi connectivity index (χ1) is 31.2. The van der Waals surface area contributed by atoms with Crippen molar-refractivity contribution in [1.29, 1.82) is 0 Å². The maximum Gasteiger partial charge on any atom is 0.167 e. The van der Waals surface area contributed by atoms with Gasteiger partial charge < -0.3 is 8.98 Å². The molecule has 0 aliphatic carbocycles. The third kappa shape index (κ3) is 5.13. The second-order valence-electron chi connectivity index (χ2n) is 16.3. The highest BCUT2D eigenvalue weighted by molar-refractivity contribution is 7.26. The molecule has 0 unspecified atom stereocenters. The Bertz CT molecular complexity index is 4230. The van der Waals surface area contributed by atoms with Gasteiger partial charge in [0.05, 0.1) is 16.6 Å². The molecule has 4 aromatic heterocycles. The Kier molecular flexibility index (Phi) is 7.21. The van der Waals surface area contributed by atoms with E-state index in [1.54, 1.807) is 11.3 Å². The van der Waals surface area contributed by atoms with Crippen molar-refractivity contribution in [2.75, 3.05) is 0 Å². The van der Waals surface area contributed by atoms with Crippen LogP contribution in [0.3, 0.4) is 0 Å². The molecule has 5 nitrogen and oxygen atoms in total. The molecule has 0 saturated heterocycles. The van der Waals surface area contributed by atoms with Crippen molar-refractivity contribution in [1.82, 2.24) is 19.5 Å². The minimum absolute atomic E-state index is 0.558. The number of para-hydroxylation sites is 3. The molecule has 0 aliphatic heterocycles. The molecule has 14 aromatic rings. The third-order valence-corrected chi connectivity index (χ3v) is 14.0. The van der Waals surface area contributed by atoms with Crippen LogP contribution in [0, 0.1) is 0 Å². The lowest BCUT2D eigenvalue weighted by Gasteiger charge is -2.14. The molecule has 0 aliphatic rings. The van der Waals surface area contributed by atoms with E-state index in [-0.39, 0.29) is 0 Å². The highest BCUT2D eigenvalue weighted by Crippen LogP contribution is 2.45. The van der Waals surface area contributed by atoms with E-state index >= 15 is 0 Å². The van der Waals surface area contributed by atoms with Gasteiger partial charge >= 0.3 is 0 Å². The average Bonchev–Trinajstić information content (AvgIpc) is 4.03. The van der Waals surface area contributed by atoms with E-state index in [0.717, 1.165) is 70.7 Å². The zero-order chi connectivity index (χ0) is 41.2. The standard InChI is InChI=1S/C57H32N4OS/c1-2-14-35-30-36(25-24-33(35)12-1)55-58-56(46-20-11-19-45-41-17-6-9-22-50(41)62-53(45)46)60-57(59-55)48-32-37(31-47-42-18-7-10-23-51(42)63-54(47)48)61-49-21-8-5-16-40(49)44-29-28-39-38-15-4-3-13-34(38)26-27-43(39)52(44)61/h1-32H. The van der Waals surface area contributed by atoms with Gasteiger partial charge in [-0.05, 0) is 69.4 Å². The molecule has 0 saturated carbocycles. The molecule has 6 heteroatoms. The van der Waals surface area contributed by atoms with Crippen LogP contribution in [0.25, 0.3) is 136 Å². The largest absolute Gasteiger partial charge is 0.455 e. The first-order valence-corrected chi connectivity index (χ1v) is 22.0. The summed E-state index contributed by atoms with van der Waals surface area (Å²) >= 11 is 1.78. The molecule has 0 amide bonds. The molecule has 4 heterocycles. The quantitative estimate of drug-likeness (QED) is 0.166. The van der Waals surface area contributed by atoms with Crippen molar-refractivity contribution < 1.29 is 4.42 Å². The molecule has 0 fully saturated rings. The minimum Gasteiger partial charge on any atom is -0.455 e. The van der Waals surface area contributed by atoms with Crippen LogP contribution in [-0.4, -0.2) is 19.5 Å². The Labute approximate surface area is 363 Å². The monoisotopic (exact) mass is 820 g/mol. The number of thiophene rings is 1. The summed E-state index contributed by atoms with van der Waals surface area (Å²) in [6.45, 7) is 0. The van der Waals surface area contributed by atoms with Gasteiger partial charge in [-0.25, -0.2) is 15.0 Å². The van der Waals surface area contributed by atoms with Crippen molar-refractivity contribution in [2.45, 2.75) is 0 Å². The van der Waals surface area contributed by atoms with Crippen LogP contribution in [0.2, 0.25) is 0 Å². The average molecular weight is 821 g/mol. The smallest absolute Gasteiger partial charge is 0.167 e. The van der Waals surface area contributed by atoms with Gasteiger partial charge in [-0.2, -0.15) is 0 Å². The normalized spacial score (nSPS) is 12.1. The van der Waals surface area contributed by atoms with Gasteiger partial charge in [0.2, 0.25) is 0 Å². The van der Waals surface area contributed by atoms with E-state index in [0.29, 0.717) is 17.5 Å². The summed E-state index contributed by atoms with van der Waals surface area (Å²) in [5.74, 6) is 1.76. The summed E-state index contributed by atoms with van der Waals surface area (Å²) in [6.07, 6.45) is 0. The Balaban J connectivity index is 1.10. The molecule has 0 atom stereocenters. The zero-order valence-electron chi connectivity index (χ0n) is 33.6. The zero-order valence-corrected chi connectivity index (χ0v) is 34.4. The van der Waals surface area contributed by atoms with Crippen LogP contribution in [0.5, 0.6) is 0 Å². The molecule has 0 radical (unpaired) electrons. The summed E-state index contributed by atoms with van der Waals surface area (Å²) < 4.78 is 11.4. The molecule has 292 valence electrons. The predicted molar refractivity (Wildman–Crippen MR) is 263 cm³/mol. The maximum absolute atomic E-state index is 6.61. The summed E-state index contributed by atoms with van der Waals surface area (Å²) in [4.78, 5) is 16.2. The van der Waals surface area contributed by atoms with Gasteiger partial charge in [0.25, 0.3) is 0 Å². The lowest BCUT2D eigenvalue weighted by Crippen LogP contribution is -2.02. The highest BCUT2D eigenvalue weighted by Gasteiger charge is 2.23. The summed E-state index contributed by atoms with van der Waals surface area (Å²) in [5, 5.41) is 14.1. The van der Waals surface area contributed by atoms with E-state index in [2.05, 4.69) is 180 Å². The number of nitrogens with zero attached hydrogens (tertiary/aromatic N) is 4. The summed E-state index contributed by atoms with van der Waals surface area (Å²) in [6, 6.07) is 69.2. The molecular weight excluding hydrogens is 789 g/mol. The van der Waals surface area contributed by atoms with Crippen LogP contribution in [0.1, 0.15) is 0 Å². The molecule has 10 aromatic carbocycles. The number of benzene rings is 10. The molecule has 0 spiro atoms. The number of rotatable bonds is 4. The fourth-order valence-corrected chi connectivity index (χ4v) is 11.1. The third-order valence-electron chi connectivity index (χ3n) is 12.8. The van der Waals surface area contributed by atoms with Crippen molar-refractivity contribution in [3.63, 3.8) is 0 Å². The number of hydrogen-bond acceptors (Lipinski definition) is 5. The first kappa shape index (κ1) is 34.5. The van der Waals surface area contributed by atoms with E-state index in [4.69, 9.17) is 19.4 Å². The SMILES string of the molecule is c1ccc2cc(-c3nc(-c4cccc5c4oc4ccccc45)nc(-c4cc(-n5c6ccccc6c6ccc7c8ccccc8ccc7c65)cc5c4sc4ccccc45)n3)ccc2c1. The van der Waals surface area contributed by atoms with Crippen molar-refractivity contribution in [3.8, 4) is 39.9 Å². The molecule has 63 heavy (non-hydrogen) atoms. The van der Waals surface area contributed by atoms with Crippen molar-refractivity contribution in [2.24, 2.45) is 0 Å².